The maximum absolute atomic E-state index is 13.1. The van der Waals surface area contributed by atoms with Crippen LogP contribution in [-0.2, 0) is 7.05 Å². The van der Waals surface area contributed by atoms with Gasteiger partial charge in [0, 0.05) is 35.6 Å². The van der Waals surface area contributed by atoms with E-state index in [9.17, 15) is 23.1 Å². The van der Waals surface area contributed by atoms with E-state index < -0.39 is 29.1 Å². The van der Waals surface area contributed by atoms with Crippen LogP contribution in [0.1, 0.15) is 17.4 Å². The number of nitrogens with zero attached hydrogens (tertiary/aromatic N) is 2. The standard InChI is InChI=1S/C10H11ClF3IN2O2/c1-4-5(11)7(18)8(19)6(16(4)2)9(17(3)15)10(12,13)14/h9,19H,1-3H3. The van der Waals surface area contributed by atoms with Gasteiger partial charge >= 0.3 is 6.18 Å². The lowest BCUT2D eigenvalue weighted by molar-refractivity contribution is -0.169. The maximum Gasteiger partial charge on any atom is 0.410 e. The Balaban J connectivity index is 3.72. The van der Waals surface area contributed by atoms with E-state index in [0.29, 0.717) is 0 Å². The molecule has 1 N–H and O–H groups in total. The van der Waals surface area contributed by atoms with Crippen molar-refractivity contribution in [3.05, 3.63) is 26.6 Å². The summed E-state index contributed by atoms with van der Waals surface area (Å²) in [4.78, 5) is 11.6. The van der Waals surface area contributed by atoms with Gasteiger partial charge in [-0.25, -0.2) is 3.11 Å². The van der Waals surface area contributed by atoms with Gasteiger partial charge in [0.1, 0.15) is 5.02 Å². The molecule has 0 aromatic carbocycles. The lowest BCUT2D eigenvalue weighted by Crippen LogP contribution is -2.34. The lowest BCUT2D eigenvalue weighted by atomic mass is 10.1. The molecule has 0 aliphatic rings. The molecule has 0 spiro atoms. The van der Waals surface area contributed by atoms with E-state index in [1.165, 1.54) is 43.9 Å². The van der Waals surface area contributed by atoms with E-state index in [-0.39, 0.29) is 10.7 Å². The fraction of sp³-hybridized carbons (Fsp3) is 0.500. The molecule has 0 saturated carbocycles. The summed E-state index contributed by atoms with van der Waals surface area (Å²) in [6.45, 7) is 1.41. The summed E-state index contributed by atoms with van der Waals surface area (Å²) >= 11 is 7.12. The second kappa shape index (κ2) is 5.49. The number of halogens is 5. The first kappa shape index (κ1) is 16.6. The number of pyridine rings is 1. The quantitative estimate of drug-likeness (QED) is 0.602. The molecule has 0 bridgehead atoms. The Morgan fingerprint density at radius 3 is 2.32 bits per heavy atom. The monoisotopic (exact) mass is 410 g/mol. The highest BCUT2D eigenvalue weighted by molar-refractivity contribution is 14.1. The SMILES string of the molecule is Cc1c(Cl)c(=O)c(O)c(C(N(C)I)C(F)(F)F)n1C. The Morgan fingerprint density at radius 2 is 1.95 bits per heavy atom. The van der Waals surface area contributed by atoms with Crippen molar-refractivity contribution in [2.45, 2.75) is 19.1 Å². The van der Waals surface area contributed by atoms with Crippen LogP contribution in [0.25, 0.3) is 0 Å². The number of alkyl halides is 3. The predicted octanol–water partition coefficient (Wildman–Crippen LogP) is 2.94. The van der Waals surface area contributed by atoms with Gasteiger partial charge in [0.25, 0.3) is 0 Å². The minimum absolute atomic E-state index is 0.159. The predicted molar refractivity (Wildman–Crippen MR) is 73.7 cm³/mol. The molecule has 108 valence electrons. The Kier molecular flexibility index (Phi) is 4.79. The summed E-state index contributed by atoms with van der Waals surface area (Å²) in [6.07, 6.45) is -4.64. The molecule has 9 heteroatoms. The van der Waals surface area contributed by atoms with Crippen molar-refractivity contribution in [3.8, 4) is 5.75 Å². The summed E-state index contributed by atoms with van der Waals surface area (Å²) in [6, 6.07) is -2.11. The Bertz CT molecular complexity index is 557. The van der Waals surface area contributed by atoms with Gasteiger partial charge in [-0.2, -0.15) is 13.2 Å². The average Bonchev–Trinajstić information content (AvgIpc) is 2.27. The third kappa shape index (κ3) is 3.00. The van der Waals surface area contributed by atoms with Gasteiger partial charge < -0.3 is 9.67 Å². The van der Waals surface area contributed by atoms with Crippen molar-refractivity contribution >= 4 is 34.5 Å². The summed E-state index contributed by atoms with van der Waals surface area (Å²) in [5.74, 6) is -0.982. The maximum atomic E-state index is 13.1. The second-order valence-electron chi connectivity index (χ2n) is 3.99. The topological polar surface area (TPSA) is 45.5 Å². The first-order valence-corrected chi connectivity index (χ1v) is 6.37. The summed E-state index contributed by atoms with van der Waals surface area (Å²) < 4.78 is 41.1. The molecule has 1 aromatic heterocycles. The highest BCUT2D eigenvalue weighted by atomic mass is 127. The van der Waals surface area contributed by atoms with Crippen LogP contribution in [0.3, 0.4) is 0 Å². The number of hydrogen-bond acceptors (Lipinski definition) is 3. The van der Waals surface area contributed by atoms with Crippen molar-refractivity contribution in [3.63, 3.8) is 0 Å². The normalized spacial score (nSPS) is 13.9. The summed E-state index contributed by atoms with van der Waals surface area (Å²) in [5.41, 5.74) is -1.37. The largest absolute Gasteiger partial charge is 0.503 e. The molecular weight excluding hydrogens is 399 g/mol. The van der Waals surface area contributed by atoms with E-state index in [1.807, 2.05) is 0 Å². The van der Waals surface area contributed by atoms with Crippen LogP contribution in [-0.4, -0.2) is 26.0 Å². The Labute approximate surface area is 126 Å². The van der Waals surface area contributed by atoms with E-state index >= 15 is 0 Å². The van der Waals surface area contributed by atoms with Gasteiger partial charge in [-0.3, -0.25) is 4.79 Å². The third-order valence-electron chi connectivity index (χ3n) is 2.76. The van der Waals surface area contributed by atoms with Crippen molar-refractivity contribution in [1.82, 2.24) is 7.68 Å². The van der Waals surface area contributed by atoms with Crippen LogP contribution in [0.2, 0.25) is 5.02 Å². The molecule has 1 atom stereocenters. The summed E-state index contributed by atoms with van der Waals surface area (Å²) in [7, 11) is 2.52. The van der Waals surface area contributed by atoms with Gasteiger partial charge in [-0.15, -0.1) is 0 Å². The van der Waals surface area contributed by atoms with Crippen LogP contribution >= 0.6 is 34.5 Å². The van der Waals surface area contributed by atoms with Crippen LogP contribution in [0.5, 0.6) is 5.75 Å². The average molecular weight is 411 g/mol. The minimum atomic E-state index is -4.64. The third-order valence-corrected chi connectivity index (χ3v) is 3.77. The minimum Gasteiger partial charge on any atom is -0.503 e. The summed E-state index contributed by atoms with van der Waals surface area (Å²) in [5, 5.41) is 9.43. The van der Waals surface area contributed by atoms with Gasteiger partial charge in [-0.05, 0) is 14.0 Å². The van der Waals surface area contributed by atoms with Crippen LogP contribution in [0.4, 0.5) is 13.2 Å². The van der Waals surface area contributed by atoms with Crippen LogP contribution < -0.4 is 5.43 Å². The van der Waals surface area contributed by atoms with Gasteiger partial charge in [0.2, 0.25) is 5.43 Å². The van der Waals surface area contributed by atoms with E-state index in [4.69, 9.17) is 11.6 Å². The molecule has 0 aliphatic heterocycles. The van der Waals surface area contributed by atoms with Gasteiger partial charge in [0.05, 0.1) is 5.69 Å². The highest BCUT2D eigenvalue weighted by Crippen LogP contribution is 2.41. The molecule has 1 aromatic rings. The molecule has 0 radical (unpaired) electrons. The zero-order valence-electron chi connectivity index (χ0n) is 10.2. The molecule has 4 nitrogen and oxygen atoms in total. The van der Waals surface area contributed by atoms with Gasteiger partial charge in [-0.1, -0.05) is 11.6 Å². The first-order valence-electron chi connectivity index (χ1n) is 5.03. The first-order chi connectivity index (χ1) is 8.50. The van der Waals surface area contributed by atoms with Crippen LogP contribution in [0, 0.1) is 6.92 Å². The molecule has 0 amide bonds. The van der Waals surface area contributed by atoms with Crippen molar-refractivity contribution in [2.24, 2.45) is 7.05 Å². The number of aromatic hydroxyl groups is 1. The van der Waals surface area contributed by atoms with E-state index in [1.54, 1.807) is 0 Å². The Morgan fingerprint density at radius 1 is 1.47 bits per heavy atom. The fourth-order valence-electron chi connectivity index (χ4n) is 1.71. The van der Waals surface area contributed by atoms with Crippen molar-refractivity contribution < 1.29 is 18.3 Å². The van der Waals surface area contributed by atoms with Crippen molar-refractivity contribution in [2.75, 3.05) is 7.05 Å². The van der Waals surface area contributed by atoms with Crippen LogP contribution in [0.15, 0.2) is 4.79 Å². The van der Waals surface area contributed by atoms with Crippen molar-refractivity contribution in [1.29, 1.82) is 0 Å². The zero-order valence-corrected chi connectivity index (χ0v) is 13.1. The molecule has 1 unspecified atom stereocenters. The number of hydrogen-bond donors (Lipinski definition) is 1. The fourth-order valence-corrected chi connectivity index (χ4v) is 2.51. The lowest BCUT2D eigenvalue weighted by Gasteiger charge is -2.28. The molecule has 1 heterocycles. The molecule has 0 fully saturated rings. The molecule has 1 rings (SSSR count). The van der Waals surface area contributed by atoms with E-state index in [0.717, 1.165) is 7.68 Å². The molecule has 0 aliphatic carbocycles. The Hall–Kier alpha value is -0.480. The molecular formula is C10H11ClF3IN2O2. The van der Waals surface area contributed by atoms with E-state index in [2.05, 4.69) is 0 Å². The zero-order chi connectivity index (χ0) is 15.1. The molecule has 19 heavy (non-hydrogen) atoms. The number of rotatable bonds is 2. The van der Waals surface area contributed by atoms with Gasteiger partial charge in [0.15, 0.2) is 11.8 Å². The smallest absolute Gasteiger partial charge is 0.410 e. The highest BCUT2D eigenvalue weighted by Gasteiger charge is 2.46. The molecule has 0 saturated heterocycles. The number of aromatic nitrogens is 1. The second-order valence-corrected chi connectivity index (χ2v) is 5.89.